The zero-order valence-corrected chi connectivity index (χ0v) is 13.1. The van der Waals surface area contributed by atoms with Crippen molar-refractivity contribution in [3.05, 3.63) is 29.0 Å². The van der Waals surface area contributed by atoms with Crippen LogP contribution in [0.15, 0.2) is 18.2 Å². The number of halogens is 2. The van der Waals surface area contributed by atoms with Gasteiger partial charge in [-0.3, -0.25) is 9.10 Å². The molecule has 1 heterocycles. The Labute approximate surface area is 128 Å². The molecule has 1 fully saturated rings. The Morgan fingerprint density at radius 2 is 2.00 bits per heavy atom. The number of benzene rings is 1. The molecule has 8 heteroatoms. The summed E-state index contributed by atoms with van der Waals surface area (Å²) in [6.07, 6.45) is 2.85. The highest BCUT2D eigenvalue weighted by atomic mass is 35.5. The van der Waals surface area contributed by atoms with Crippen LogP contribution in [-0.4, -0.2) is 45.1 Å². The summed E-state index contributed by atoms with van der Waals surface area (Å²) in [6, 6.07) is 3.57. The number of rotatable bonds is 4. The molecule has 0 atom stereocenters. The summed E-state index contributed by atoms with van der Waals surface area (Å²) in [5.74, 6) is -0.905. The number of amides is 1. The maximum Gasteiger partial charge on any atom is 0.243 e. The second kappa shape index (κ2) is 6.19. The van der Waals surface area contributed by atoms with E-state index in [1.807, 2.05) is 0 Å². The molecule has 0 bridgehead atoms. The van der Waals surface area contributed by atoms with Crippen molar-refractivity contribution in [2.24, 2.45) is 0 Å². The minimum atomic E-state index is -3.67. The van der Waals surface area contributed by atoms with Gasteiger partial charge in [-0.05, 0) is 31.0 Å². The summed E-state index contributed by atoms with van der Waals surface area (Å²) in [6.45, 7) is 0.974. The van der Waals surface area contributed by atoms with Crippen LogP contribution in [0, 0.1) is 5.82 Å². The number of sulfonamides is 1. The third kappa shape index (κ3) is 3.85. The molecule has 0 N–H and O–H groups in total. The lowest BCUT2D eigenvalue weighted by Gasteiger charge is -2.25. The van der Waals surface area contributed by atoms with Gasteiger partial charge >= 0.3 is 0 Å². The number of carbonyl (C=O) groups is 1. The number of hydrogen-bond acceptors (Lipinski definition) is 3. The van der Waals surface area contributed by atoms with E-state index < -0.39 is 15.8 Å². The summed E-state index contributed by atoms with van der Waals surface area (Å²) in [5, 5.41) is -0.185. The van der Waals surface area contributed by atoms with Crippen LogP contribution >= 0.6 is 11.6 Å². The fourth-order valence-corrected chi connectivity index (χ4v) is 3.25. The summed E-state index contributed by atoms with van der Waals surface area (Å²) < 4.78 is 37.9. The van der Waals surface area contributed by atoms with E-state index in [2.05, 4.69) is 0 Å². The largest absolute Gasteiger partial charge is 0.341 e. The number of nitrogens with zero attached hydrogens (tertiary/aromatic N) is 2. The summed E-state index contributed by atoms with van der Waals surface area (Å²) in [5.41, 5.74) is 0.177. The van der Waals surface area contributed by atoms with Crippen LogP contribution in [0.4, 0.5) is 10.1 Å². The van der Waals surface area contributed by atoms with Crippen molar-refractivity contribution in [3.8, 4) is 0 Å². The van der Waals surface area contributed by atoms with Gasteiger partial charge in [0.05, 0.1) is 17.0 Å². The molecular weight excluding hydrogens is 319 g/mol. The lowest BCUT2D eigenvalue weighted by atomic mass is 10.3. The number of carbonyl (C=O) groups excluding carboxylic acids is 1. The summed E-state index contributed by atoms with van der Waals surface area (Å²) >= 11 is 5.68. The Hall–Kier alpha value is -1.34. The Balaban J connectivity index is 2.26. The highest BCUT2D eigenvalue weighted by Crippen LogP contribution is 2.24. The highest BCUT2D eigenvalue weighted by molar-refractivity contribution is 7.92. The SMILES string of the molecule is CS(=O)(=O)N(CC(=O)N1CCCC1)c1ccc(F)c(Cl)c1. The first-order chi connectivity index (χ1) is 9.79. The van der Waals surface area contributed by atoms with Gasteiger partial charge in [-0.25, -0.2) is 12.8 Å². The predicted molar refractivity (Wildman–Crippen MR) is 79.4 cm³/mol. The van der Waals surface area contributed by atoms with E-state index >= 15 is 0 Å². The lowest BCUT2D eigenvalue weighted by molar-refractivity contribution is -0.128. The fraction of sp³-hybridized carbons (Fsp3) is 0.462. The molecule has 21 heavy (non-hydrogen) atoms. The standard InChI is InChI=1S/C13H16ClFN2O3S/c1-21(19,20)17(9-13(18)16-6-2-3-7-16)10-4-5-12(15)11(14)8-10/h4-5,8H,2-3,6-7,9H2,1H3. The molecular formula is C13H16ClFN2O3S. The van der Waals surface area contributed by atoms with E-state index in [9.17, 15) is 17.6 Å². The summed E-state index contributed by atoms with van der Waals surface area (Å²) in [7, 11) is -3.67. The quantitative estimate of drug-likeness (QED) is 0.844. The van der Waals surface area contributed by atoms with Crippen molar-refractivity contribution in [2.75, 3.05) is 30.2 Å². The van der Waals surface area contributed by atoms with E-state index in [0.29, 0.717) is 13.1 Å². The third-order valence-electron chi connectivity index (χ3n) is 3.33. The van der Waals surface area contributed by atoms with Crippen molar-refractivity contribution >= 4 is 33.2 Å². The van der Waals surface area contributed by atoms with Gasteiger partial charge in [-0.15, -0.1) is 0 Å². The molecule has 1 saturated heterocycles. The molecule has 0 unspecified atom stereocenters. The van der Waals surface area contributed by atoms with Gasteiger partial charge in [0.15, 0.2) is 0 Å². The second-order valence-electron chi connectivity index (χ2n) is 4.96. The maximum absolute atomic E-state index is 13.2. The molecule has 1 aromatic carbocycles. The average Bonchev–Trinajstić information content (AvgIpc) is 2.92. The first-order valence-corrected chi connectivity index (χ1v) is 8.72. The topological polar surface area (TPSA) is 57.7 Å². The van der Waals surface area contributed by atoms with E-state index in [0.717, 1.165) is 29.5 Å². The minimum absolute atomic E-state index is 0.177. The van der Waals surface area contributed by atoms with Crippen molar-refractivity contribution in [1.29, 1.82) is 0 Å². The lowest BCUT2D eigenvalue weighted by Crippen LogP contribution is -2.41. The molecule has 1 amide bonds. The van der Waals surface area contributed by atoms with E-state index in [4.69, 9.17) is 11.6 Å². The predicted octanol–water partition coefficient (Wildman–Crippen LogP) is 1.87. The molecule has 1 aromatic rings. The van der Waals surface area contributed by atoms with E-state index in [1.54, 1.807) is 4.90 Å². The molecule has 1 aliphatic rings. The van der Waals surface area contributed by atoms with Crippen molar-refractivity contribution in [2.45, 2.75) is 12.8 Å². The van der Waals surface area contributed by atoms with Crippen molar-refractivity contribution in [1.82, 2.24) is 4.90 Å². The Bertz CT molecular complexity index is 645. The second-order valence-corrected chi connectivity index (χ2v) is 7.27. The van der Waals surface area contributed by atoms with Crippen LogP contribution in [-0.2, 0) is 14.8 Å². The maximum atomic E-state index is 13.2. The number of likely N-dealkylation sites (tertiary alicyclic amines) is 1. The minimum Gasteiger partial charge on any atom is -0.341 e. The van der Waals surface area contributed by atoms with Crippen LogP contribution < -0.4 is 4.31 Å². The van der Waals surface area contributed by atoms with Crippen LogP contribution in [0.5, 0.6) is 0 Å². The van der Waals surface area contributed by atoms with Gasteiger partial charge in [0.1, 0.15) is 12.4 Å². The van der Waals surface area contributed by atoms with Gasteiger partial charge in [0.2, 0.25) is 15.9 Å². The summed E-state index contributed by atoms with van der Waals surface area (Å²) in [4.78, 5) is 13.8. The van der Waals surface area contributed by atoms with Gasteiger partial charge in [-0.2, -0.15) is 0 Å². The zero-order valence-electron chi connectivity index (χ0n) is 11.6. The fourth-order valence-electron chi connectivity index (χ4n) is 2.23. The third-order valence-corrected chi connectivity index (χ3v) is 4.76. The van der Waals surface area contributed by atoms with Crippen LogP contribution in [0.3, 0.4) is 0 Å². The normalized spacial score (nSPS) is 15.3. The first kappa shape index (κ1) is 16.0. The molecule has 1 aliphatic heterocycles. The molecule has 0 radical (unpaired) electrons. The van der Waals surface area contributed by atoms with Crippen molar-refractivity contribution < 1.29 is 17.6 Å². The average molecular weight is 335 g/mol. The first-order valence-electron chi connectivity index (χ1n) is 6.49. The Morgan fingerprint density at radius 1 is 1.38 bits per heavy atom. The van der Waals surface area contributed by atoms with Crippen LogP contribution in [0.1, 0.15) is 12.8 Å². The van der Waals surface area contributed by atoms with Crippen LogP contribution in [0.2, 0.25) is 5.02 Å². The number of hydrogen-bond donors (Lipinski definition) is 0. The molecule has 2 rings (SSSR count). The van der Waals surface area contributed by atoms with E-state index in [-0.39, 0.29) is 23.2 Å². The monoisotopic (exact) mass is 334 g/mol. The van der Waals surface area contributed by atoms with Gasteiger partial charge in [-0.1, -0.05) is 11.6 Å². The van der Waals surface area contributed by atoms with Gasteiger partial charge in [0, 0.05) is 13.1 Å². The highest BCUT2D eigenvalue weighted by Gasteiger charge is 2.25. The Morgan fingerprint density at radius 3 is 2.52 bits per heavy atom. The molecule has 0 aliphatic carbocycles. The molecule has 116 valence electrons. The number of anilines is 1. The Kier molecular flexibility index (Phi) is 4.73. The van der Waals surface area contributed by atoms with Gasteiger partial charge in [0.25, 0.3) is 0 Å². The van der Waals surface area contributed by atoms with Crippen LogP contribution in [0.25, 0.3) is 0 Å². The van der Waals surface area contributed by atoms with Gasteiger partial charge < -0.3 is 4.90 Å². The molecule has 5 nitrogen and oxygen atoms in total. The molecule has 0 aromatic heterocycles. The molecule has 0 spiro atoms. The molecule has 0 saturated carbocycles. The zero-order chi connectivity index (χ0) is 15.6. The smallest absolute Gasteiger partial charge is 0.243 e. The van der Waals surface area contributed by atoms with E-state index in [1.165, 1.54) is 12.1 Å². The van der Waals surface area contributed by atoms with Crippen molar-refractivity contribution in [3.63, 3.8) is 0 Å².